The topological polar surface area (TPSA) is 75.8 Å². The van der Waals surface area contributed by atoms with Crippen LogP contribution in [-0.2, 0) is 6.54 Å². The van der Waals surface area contributed by atoms with Gasteiger partial charge in [0.2, 0.25) is 6.04 Å². The molecule has 2 rings (SSSR count). The molecule has 2 atom stereocenters. The van der Waals surface area contributed by atoms with Crippen LogP contribution < -0.4 is 4.74 Å². The van der Waals surface area contributed by atoms with E-state index < -0.39 is 12.1 Å². The van der Waals surface area contributed by atoms with Crippen LogP contribution in [0.5, 0.6) is 5.75 Å². The van der Waals surface area contributed by atoms with Crippen molar-refractivity contribution in [1.29, 1.82) is 0 Å². The number of ether oxygens (including phenoxy) is 1. The normalized spacial score (nSPS) is 13.6. The van der Waals surface area contributed by atoms with E-state index in [1.54, 1.807) is 31.4 Å². The van der Waals surface area contributed by atoms with Crippen LogP contribution in [0.15, 0.2) is 54.6 Å². The first-order valence-electron chi connectivity index (χ1n) is 7.30. The molecule has 0 unspecified atom stereocenters. The van der Waals surface area contributed by atoms with Crippen LogP contribution in [-0.4, -0.2) is 28.3 Å². The van der Waals surface area contributed by atoms with Gasteiger partial charge in [0.15, 0.2) is 0 Å². The minimum absolute atomic E-state index is 0.204. The van der Waals surface area contributed by atoms with Gasteiger partial charge in [0.05, 0.1) is 7.11 Å². The number of nitrogens with zero attached hydrogens (tertiary/aromatic N) is 2. The van der Waals surface area contributed by atoms with Crippen molar-refractivity contribution in [2.75, 3.05) is 7.11 Å². The zero-order valence-corrected chi connectivity index (χ0v) is 13.1. The summed E-state index contributed by atoms with van der Waals surface area (Å²) >= 11 is 0. The zero-order valence-electron chi connectivity index (χ0n) is 13.1. The molecule has 6 nitrogen and oxygen atoms in total. The van der Waals surface area contributed by atoms with Crippen LogP contribution >= 0.6 is 0 Å². The number of methoxy groups -OCH3 is 1. The Labute approximate surface area is 135 Å². The van der Waals surface area contributed by atoms with E-state index in [9.17, 15) is 15.3 Å². The highest BCUT2D eigenvalue weighted by molar-refractivity contribution is 5.29. The van der Waals surface area contributed by atoms with E-state index in [0.29, 0.717) is 11.3 Å². The lowest BCUT2D eigenvalue weighted by atomic mass is 9.99. The highest BCUT2D eigenvalue weighted by Gasteiger charge is 2.33. The van der Waals surface area contributed by atoms with Gasteiger partial charge in [-0.15, -0.1) is 0 Å². The molecule has 0 saturated heterocycles. The van der Waals surface area contributed by atoms with Gasteiger partial charge in [-0.3, -0.25) is 10.1 Å². The van der Waals surface area contributed by atoms with Gasteiger partial charge in [-0.25, -0.2) is 0 Å². The first-order chi connectivity index (χ1) is 11.0. The molecule has 2 aromatic rings. The van der Waals surface area contributed by atoms with Crippen molar-refractivity contribution in [2.24, 2.45) is 0 Å². The molecular weight excluding hydrogens is 296 g/mol. The molecule has 122 valence electrons. The summed E-state index contributed by atoms with van der Waals surface area (Å²) in [6.45, 7) is 1.69. The first kappa shape index (κ1) is 16.9. The van der Waals surface area contributed by atoms with Gasteiger partial charge in [-0.1, -0.05) is 42.5 Å². The fourth-order valence-corrected chi connectivity index (χ4v) is 2.48. The molecule has 0 aromatic heterocycles. The van der Waals surface area contributed by atoms with Crippen LogP contribution in [0.1, 0.15) is 24.1 Å². The van der Waals surface area contributed by atoms with Crippen LogP contribution in [0.3, 0.4) is 0 Å². The van der Waals surface area contributed by atoms with Crippen molar-refractivity contribution in [2.45, 2.75) is 25.6 Å². The summed E-state index contributed by atoms with van der Waals surface area (Å²) in [5, 5.41) is 22.7. The van der Waals surface area contributed by atoms with E-state index in [2.05, 4.69) is 0 Å². The predicted molar refractivity (Wildman–Crippen MR) is 86.0 cm³/mol. The largest absolute Gasteiger partial charge is 0.497 e. The van der Waals surface area contributed by atoms with Gasteiger partial charge < -0.3 is 9.94 Å². The Morgan fingerprint density at radius 3 is 2.30 bits per heavy atom. The highest BCUT2D eigenvalue weighted by Crippen LogP contribution is 2.27. The van der Waals surface area contributed by atoms with E-state index in [0.717, 1.165) is 10.6 Å². The minimum Gasteiger partial charge on any atom is -0.497 e. The molecule has 0 aliphatic carbocycles. The highest BCUT2D eigenvalue weighted by atomic mass is 16.6. The Hall–Kier alpha value is -2.44. The molecule has 0 spiro atoms. The van der Waals surface area contributed by atoms with Crippen LogP contribution in [0.4, 0.5) is 0 Å². The summed E-state index contributed by atoms with van der Waals surface area (Å²) < 4.78 is 5.10. The number of rotatable bonds is 7. The molecule has 0 aliphatic heterocycles. The van der Waals surface area contributed by atoms with Gasteiger partial charge in [0, 0.05) is 18.4 Å². The quantitative estimate of drug-likeness (QED) is 0.626. The monoisotopic (exact) mass is 316 g/mol. The molecule has 6 heteroatoms. The molecule has 0 bridgehead atoms. The fourth-order valence-electron chi connectivity index (χ4n) is 2.48. The molecule has 1 N–H and O–H groups in total. The lowest BCUT2D eigenvalue weighted by molar-refractivity contribution is -0.532. The number of hydroxylamine groups is 2. The van der Waals surface area contributed by atoms with Crippen LogP contribution in [0.2, 0.25) is 0 Å². The smallest absolute Gasteiger partial charge is 0.232 e. The Balaban J connectivity index is 2.27. The Morgan fingerprint density at radius 1 is 1.17 bits per heavy atom. The molecule has 0 heterocycles. The van der Waals surface area contributed by atoms with Crippen molar-refractivity contribution >= 4 is 0 Å². The van der Waals surface area contributed by atoms with E-state index >= 15 is 0 Å². The molecule has 0 radical (unpaired) electrons. The summed E-state index contributed by atoms with van der Waals surface area (Å²) in [5.41, 5.74) is 1.54. The van der Waals surface area contributed by atoms with E-state index in [1.165, 1.54) is 6.92 Å². The summed E-state index contributed by atoms with van der Waals surface area (Å²) in [5.74, 6) is 0.661. The zero-order chi connectivity index (χ0) is 16.8. The van der Waals surface area contributed by atoms with Crippen LogP contribution in [0, 0.1) is 10.1 Å². The second kappa shape index (κ2) is 7.71. The maximum atomic E-state index is 11.2. The lowest BCUT2D eigenvalue weighted by Gasteiger charge is -2.27. The van der Waals surface area contributed by atoms with E-state index in [1.807, 2.05) is 30.3 Å². The molecule has 0 saturated carbocycles. The fraction of sp³-hybridized carbons (Fsp3) is 0.294. The Bertz CT molecular complexity index is 631. The Kier molecular flexibility index (Phi) is 5.67. The van der Waals surface area contributed by atoms with E-state index in [4.69, 9.17) is 4.74 Å². The molecule has 0 aliphatic rings. The number of hydrogen-bond donors (Lipinski definition) is 1. The SMILES string of the molecule is COc1ccc([C@@H]([C@H](C)[N+](=O)[O-])N(O)Cc2ccccc2)cc1. The number of hydrogen-bond acceptors (Lipinski definition) is 5. The summed E-state index contributed by atoms with van der Waals surface area (Å²) in [7, 11) is 1.56. The maximum absolute atomic E-state index is 11.2. The maximum Gasteiger partial charge on any atom is 0.232 e. The third-order valence-corrected chi connectivity index (χ3v) is 3.76. The number of benzene rings is 2. The average Bonchev–Trinajstić information content (AvgIpc) is 2.56. The third kappa shape index (κ3) is 4.28. The molecular formula is C17H20N2O4. The molecule has 0 fully saturated rings. The van der Waals surface area contributed by atoms with Gasteiger partial charge >= 0.3 is 0 Å². The van der Waals surface area contributed by atoms with Crippen molar-refractivity contribution < 1.29 is 14.9 Å². The first-order valence-corrected chi connectivity index (χ1v) is 7.30. The van der Waals surface area contributed by atoms with Gasteiger partial charge in [-0.05, 0) is 23.3 Å². The Morgan fingerprint density at radius 2 is 1.78 bits per heavy atom. The second-order valence-electron chi connectivity index (χ2n) is 5.33. The van der Waals surface area contributed by atoms with Crippen LogP contribution in [0.25, 0.3) is 0 Å². The molecule has 2 aromatic carbocycles. The average molecular weight is 316 g/mol. The molecule has 0 amide bonds. The minimum atomic E-state index is -0.961. The number of nitro groups is 1. The van der Waals surface area contributed by atoms with E-state index in [-0.39, 0.29) is 11.5 Å². The van der Waals surface area contributed by atoms with Gasteiger partial charge in [0.1, 0.15) is 11.8 Å². The lowest BCUT2D eigenvalue weighted by Crippen LogP contribution is -2.36. The van der Waals surface area contributed by atoms with Crippen molar-refractivity contribution in [3.8, 4) is 5.75 Å². The van der Waals surface area contributed by atoms with Gasteiger partial charge in [-0.2, -0.15) is 5.06 Å². The van der Waals surface area contributed by atoms with Gasteiger partial charge in [0.25, 0.3) is 0 Å². The second-order valence-corrected chi connectivity index (χ2v) is 5.33. The van der Waals surface area contributed by atoms with Crippen molar-refractivity contribution in [3.63, 3.8) is 0 Å². The summed E-state index contributed by atoms with van der Waals surface area (Å²) in [6.07, 6.45) is 0. The standard InChI is InChI=1S/C17H20N2O4/c1-13(19(21)22)17(15-8-10-16(23-2)11-9-15)18(20)12-14-6-4-3-5-7-14/h3-11,13,17,20H,12H2,1-2H3/t13-,17+/m0/s1. The summed E-state index contributed by atoms with van der Waals surface area (Å²) in [4.78, 5) is 10.9. The predicted octanol–water partition coefficient (Wildman–Crippen LogP) is 3.29. The third-order valence-electron chi connectivity index (χ3n) is 3.76. The summed E-state index contributed by atoms with van der Waals surface area (Å²) in [6, 6.07) is 14.5. The van der Waals surface area contributed by atoms with Crippen molar-refractivity contribution in [3.05, 3.63) is 75.8 Å². The molecule has 23 heavy (non-hydrogen) atoms. The van der Waals surface area contributed by atoms with Crippen molar-refractivity contribution in [1.82, 2.24) is 5.06 Å².